The van der Waals surface area contributed by atoms with E-state index in [-0.39, 0.29) is 12.1 Å². The van der Waals surface area contributed by atoms with Gasteiger partial charge in [0.15, 0.2) is 0 Å². The molecule has 1 saturated carbocycles. The number of benzene rings is 1. The highest BCUT2D eigenvalue weighted by Gasteiger charge is 2.27. The summed E-state index contributed by atoms with van der Waals surface area (Å²) in [5, 5.41) is 0.633. The van der Waals surface area contributed by atoms with Gasteiger partial charge in [0, 0.05) is 24.7 Å². The van der Waals surface area contributed by atoms with Crippen LogP contribution in [0, 0.1) is 5.92 Å². The maximum Gasteiger partial charge on any atom is 0.415 e. The topological polar surface area (TPSA) is 32.8 Å². The fraction of sp³-hybridized carbons (Fsp3) is 0.591. The van der Waals surface area contributed by atoms with Crippen molar-refractivity contribution in [3.8, 4) is 5.75 Å². The van der Waals surface area contributed by atoms with Gasteiger partial charge in [0.2, 0.25) is 0 Å². The molecule has 1 aliphatic rings. The van der Waals surface area contributed by atoms with Crippen LogP contribution in [-0.4, -0.2) is 60.6 Å². The molecule has 0 spiro atoms. The molecule has 0 radical (unpaired) electrons. The molecule has 1 amide bonds. The molecule has 1 aliphatic carbocycles. The zero-order valence-electron chi connectivity index (χ0n) is 17.1. The van der Waals surface area contributed by atoms with Crippen molar-refractivity contribution in [3.05, 3.63) is 41.9 Å². The number of likely N-dealkylation sites (N-methyl/N-ethyl adjacent to an activating group) is 1. The minimum Gasteiger partial charge on any atom is -0.410 e. The Hall–Kier alpha value is -1.17. The first-order valence-corrected chi connectivity index (χ1v) is 11.6. The van der Waals surface area contributed by atoms with Crippen LogP contribution >= 0.6 is 23.4 Å². The lowest BCUT2D eigenvalue weighted by atomic mass is 9.87. The maximum atomic E-state index is 12.4. The number of thioether (sulfide) groups is 1. The summed E-state index contributed by atoms with van der Waals surface area (Å²) in [6.07, 6.45) is 7.37. The van der Waals surface area contributed by atoms with E-state index in [9.17, 15) is 4.79 Å². The van der Waals surface area contributed by atoms with Crippen molar-refractivity contribution in [1.29, 1.82) is 0 Å². The number of halogens is 1. The molecule has 0 unspecified atom stereocenters. The molecular formula is C22H33ClN2O2S. The molecule has 0 heterocycles. The second-order valence-electron chi connectivity index (χ2n) is 7.59. The molecule has 28 heavy (non-hydrogen) atoms. The van der Waals surface area contributed by atoms with Crippen LogP contribution in [0.2, 0.25) is 5.02 Å². The van der Waals surface area contributed by atoms with Crippen LogP contribution in [-0.2, 0) is 0 Å². The zero-order valence-corrected chi connectivity index (χ0v) is 18.7. The Labute approximate surface area is 179 Å². The standard InChI is InChI=1S/C22H33ClN2O2S/c1-4-14-24(2)15-5-16-28-17-18-6-10-20(11-7-18)25(3)22(26)27-21-12-8-19(23)9-13-21/h4,8-9,12-13,18,20H,1,5-7,10-11,14-17H2,2-3H3. The number of ether oxygens (including phenoxy) is 1. The van der Waals surface area contributed by atoms with Crippen molar-refractivity contribution >= 4 is 29.5 Å². The monoisotopic (exact) mass is 424 g/mol. The van der Waals surface area contributed by atoms with E-state index in [4.69, 9.17) is 16.3 Å². The van der Waals surface area contributed by atoms with Gasteiger partial charge in [-0.05, 0) is 87.4 Å². The Bertz CT molecular complexity index is 603. The van der Waals surface area contributed by atoms with E-state index in [1.165, 1.54) is 30.8 Å². The Kier molecular flexibility index (Phi) is 10.2. The summed E-state index contributed by atoms with van der Waals surface area (Å²) in [5.41, 5.74) is 0. The van der Waals surface area contributed by atoms with Crippen LogP contribution in [0.3, 0.4) is 0 Å². The number of carbonyl (C=O) groups is 1. The van der Waals surface area contributed by atoms with Crippen molar-refractivity contribution in [2.45, 2.75) is 38.1 Å². The second-order valence-corrected chi connectivity index (χ2v) is 9.17. The van der Waals surface area contributed by atoms with Crippen LogP contribution in [0.25, 0.3) is 0 Å². The summed E-state index contributed by atoms with van der Waals surface area (Å²) in [5.74, 6) is 3.75. The molecule has 0 aromatic heterocycles. The van der Waals surface area contributed by atoms with Crippen LogP contribution in [0.15, 0.2) is 36.9 Å². The third-order valence-electron chi connectivity index (χ3n) is 5.29. The van der Waals surface area contributed by atoms with Crippen LogP contribution < -0.4 is 4.74 Å². The first-order valence-electron chi connectivity index (χ1n) is 10.1. The summed E-state index contributed by atoms with van der Waals surface area (Å²) in [4.78, 5) is 16.4. The fourth-order valence-corrected chi connectivity index (χ4v) is 4.81. The number of hydrogen-bond acceptors (Lipinski definition) is 4. The van der Waals surface area contributed by atoms with Gasteiger partial charge < -0.3 is 14.5 Å². The molecule has 6 heteroatoms. The molecular weight excluding hydrogens is 392 g/mol. The fourth-order valence-electron chi connectivity index (χ4n) is 3.52. The predicted octanol–water partition coefficient (Wildman–Crippen LogP) is 5.57. The van der Waals surface area contributed by atoms with E-state index in [1.807, 2.05) is 13.1 Å². The van der Waals surface area contributed by atoms with Crippen LogP contribution in [0.5, 0.6) is 5.75 Å². The molecule has 1 fully saturated rings. The largest absolute Gasteiger partial charge is 0.415 e. The number of hydrogen-bond donors (Lipinski definition) is 0. The minimum atomic E-state index is -0.288. The van der Waals surface area contributed by atoms with Crippen molar-refractivity contribution in [2.24, 2.45) is 5.92 Å². The third-order valence-corrected chi connectivity index (χ3v) is 6.83. The summed E-state index contributed by atoms with van der Waals surface area (Å²) < 4.78 is 5.45. The third kappa shape index (κ3) is 8.06. The van der Waals surface area contributed by atoms with Gasteiger partial charge in [-0.3, -0.25) is 0 Å². The van der Waals surface area contributed by atoms with Gasteiger partial charge in [-0.2, -0.15) is 11.8 Å². The van der Waals surface area contributed by atoms with E-state index in [2.05, 4.69) is 30.3 Å². The van der Waals surface area contributed by atoms with Gasteiger partial charge in [-0.15, -0.1) is 6.58 Å². The molecule has 0 aliphatic heterocycles. The van der Waals surface area contributed by atoms with Gasteiger partial charge in [-0.25, -0.2) is 4.79 Å². The molecule has 156 valence electrons. The van der Waals surface area contributed by atoms with E-state index in [1.54, 1.807) is 29.2 Å². The summed E-state index contributed by atoms with van der Waals surface area (Å²) in [7, 11) is 3.99. The van der Waals surface area contributed by atoms with E-state index in [0.717, 1.165) is 31.8 Å². The highest BCUT2D eigenvalue weighted by Crippen LogP contribution is 2.30. The SMILES string of the molecule is C=CCN(C)CCCSCC1CCC(N(C)C(=O)Oc2ccc(Cl)cc2)CC1. The Balaban J connectivity index is 1.62. The maximum absolute atomic E-state index is 12.4. The molecule has 4 nitrogen and oxygen atoms in total. The Morgan fingerprint density at radius 2 is 1.93 bits per heavy atom. The van der Waals surface area contributed by atoms with Crippen molar-refractivity contribution in [3.63, 3.8) is 0 Å². The molecule has 2 rings (SSSR count). The highest BCUT2D eigenvalue weighted by molar-refractivity contribution is 7.99. The molecule has 1 aromatic carbocycles. The van der Waals surface area contributed by atoms with E-state index >= 15 is 0 Å². The number of amides is 1. The quantitative estimate of drug-likeness (QED) is 0.363. The first kappa shape index (κ1) is 23.1. The molecule has 1 aromatic rings. The van der Waals surface area contributed by atoms with Gasteiger partial charge in [0.1, 0.15) is 5.75 Å². The Morgan fingerprint density at radius 3 is 2.57 bits per heavy atom. The molecule has 0 saturated heterocycles. The number of nitrogens with zero attached hydrogens (tertiary/aromatic N) is 2. The lowest BCUT2D eigenvalue weighted by molar-refractivity contribution is 0.127. The van der Waals surface area contributed by atoms with Crippen LogP contribution in [0.1, 0.15) is 32.1 Å². The lowest BCUT2D eigenvalue weighted by Gasteiger charge is -2.34. The van der Waals surface area contributed by atoms with Gasteiger partial charge >= 0.3 is 6.09 Å². The first-order chi connectivity index (χ1) is 13.5. The smallest absolute Gasteiger partial charge is 0.410 e. The van der Waals surface area contributed by atoms with Crippen molar-refractivity contribution in [2.75, 3.05) is 38.7 Å². The summed E-state index contributed by atoms with van der Waals surface area (Å²) >= 11 is 7.94. The molecule has 0 atom stereocenters. The molecule has 0 N–H and O–H groups in total. The molecule has 0 bridgehead atoms. The summed E-state index contributed by atoms with van der Waals surface area (Å²) in [6.45, 7) is 5.87. The average Bonchev–Trinajstić information content (AvgIpc) is 2.69. The number of carbonyl (C=O) groups excluding carboxylic acids is 1. The van der Waals surface area contributed by atoms with Crippen molar-refractivity contribution in [1.82, 2.24) is 9.80 Å². The van der Waals surface area contributed by atoms with Gasteiger partial charge in [0.25, 0.3) is 0 Å². The zero-order chi connectivity index (χ0) is 20.4. The Morgan fingerprint density at radius 1 is 1.25 bits per heavy atom. The summed E-state index contributed by atoms with van der Waals surface area (Å²) in [6, 6.07) is 7.16. The highest BCUT2D eigenvalue weighted by atomic mass is 35.5. The lowest BCUT2D eigenvalue weighted by Crippen LogP contribution is -2.41. The average molecular weight is 425 g/mol. The minimum absolute atomic E-state index is 0.272. The number of rotatable bonds is 10. The second kappa shape index (κ2) is 12.4. The van der Waals surface area contributed by atoms with E-state index < -0.39 is 0 Å². The van der Waals surface area contributed by atoms with Gasteiger partial charge in [0.05, 0.1) is 0 Å². The predicted molar refractivity (Wildman–Crippen MR) is 121 cm³/mol. The van der Waals surface area contributed by atoms with Crippen LogP contribution in [0.4, 0.5) is 4.79 Å². The van der Waals surface area contributed by atoms with Crippen molar-refractivity contribution < 1.29 is 9.53 Å². The normalized spacial score (nSPS) is 19.4. The van der Waals surface area contributed by atoms with Gasteiger partial charge in [-0.1, -0.05) is 17.7 Å². The van der Waals surface area contributed by atoms with E-state index in [0.29, 0.717) is 10.8 Å².